The minimum atomic E-state index is 0.879. The van der Waals surface area contributed by atoms with E-state index in [9.17, 15) is 0 Å². The molecule has 0 saturated carbocycles. The van der Waals surface area contributed by atoms with Gasteiger partial charge in [-0.15, -0.1) is 0 Å². The van der Waals surface area contributed by atoms with Gasteiger partial charge in [0.2, 0.25) is 0 Å². The highest BCUT2D eigenvalue weighted by molar-refractivity contribution is 6.17. The van der Waals surface area contributed by atoms with Crippen molar-refractivity contribution in [3.05, 3.63) is 164 Å². The Morgan fingerprint density at radius 2 is 0.955 bits per heavy atom. The molecule has 0 atom stereocenters. The topological polar surface area (TPSA) is 16.4 Å². The summed E-state index contributed by atoms with van der Waals surface area (Å²) in [5.74, 6) is 0. The van der Waals surface area contributed by atoms with Crippen molar-refractivity contribution in [1.29, 1.82) is 0 Å². The van der Waals surface area contributed by atoms with Gasteiger partial charge >= 0.3 is 0 Å². The molecule has 0 amide bonds. The Hall–Kier alpha value is -5.86. The molecule has 9 aromatic rings. The summed E-state index contributed by atoms with van der Waals surface area (Å²) < 4.78 is 6.36. The number of nitrogens with zero attached hydrogens (tertiary/aromatic N) is 1. The number of rotatable bonds is 4. The molecule has 8 aromatic carbocycles. The van der Waals surface area contributed by atoms with Gasteiger partial charge in [-0.2, -0.15) is 0 Å². The Morgan fingerprint density at radius 3 is 1.82 bits per heavy atom. The number of hydrogen-bond acceptors (Lipinski definition) is 2. The molecule has 0 aliphatic carbocycles. The van der Waals surface area contributed by atoms with E-state index in [0.717, 1.165) is 39.0 Å². The van der Waals surface area contributed by atoms with Crippen molar-refractivity contribution >= 4 is 71.3 Å². The first kappa shape index (κ1) is 24.7. The molecule has 0 radical (unpaired) electrons. The van der Waals surface area contributed by atoms with Crippen LogP contribution in [0.25, 0.3) is 65.4 Å². The molecule has 1 aromatic heterocycles. The zero-order valence-corrected chi connectivity index (χ0v) is 23.9. The largest absolute Gasteiger partial charge is 0.456 e. The van der Waals surface area contributed by atoms with Gasteiger partial charge in [0, 0.05) is 33.8 Å². The van der Waals surface area contributed by atoms with E-state index in [4.69, 9.17) is 4.42 Å². The average molecular weight is 562 g/mol. The van der Waals surface area contributed by atoms with Crippen LogP contribution in [-0.4, -0.2) is 0 Å². The Kier molecular flexibility index (Phi) is 5.54. The normalized spacial score (nSPS) is 11.6. The molecule has 0 spiro atoms. The van der Waals surface area contributed by atoms with Crippen molar-refractivity contribution in [3.63, 3.8) is 0 Å². The molecule has 2 heteroatoms. The summed E-state index contributed by atoms with van der Waals surface area (Å²) in [7, 11) is 0. The van der Waals surface area contributed by atoms with Gasteiger partial charge in [0.15, 0.2) is 0 Å². The van der Waals surface area contributed by atoms with Crippen molar-refractivity contribution in [2.45, 2.75) is 0 Å². The fraction of sp³-hybridized carbons (Fsp3) is 0. The lowest BCUT2D eigenvalue weighted by molar-refractivity contribution is 0.669. The van der Waals surface area contributed by atoms with E-state index in [1.807, 2.05) is 12.1 Å². The number of benzene rings is 8. The molecule has 1 heterocycles. The Balaban J connectivity index is 1.28. The van der Waals surface area contributed by atoms with E-state index in [0.29, 0.717) is 0 Å². The Labute approximate surface area is 255 Å². The Morgan fingerprint density at radius 1 is 0.364 bits per heavy atom. The quantitative estimate of drug-likeness (QED) is 0.199. The average Bonchev–Trinajstić information content (AvgIpc) is 3.46. The van der Waals surface area contributed by atoms with E-state index in [1.54, 1.807) is 0 Å². The van der Waals surface area contributed by atoms with Crippen LogP contribution in [0.2, 0.25) is 0 Å². The van der Waals surface area contributed by atoms with Crippen LogP contribution in [0.15, 0.2) is 168 Å². The van der Waals surface area contributed by atoms with Gasteiger partial charge in [0.1, 0.15) is 11.2 Å². The van der Waals surface area contributed by atoms with Crippen molar-refractivity contribution in [1.82, 2.24) is 0 Å². The van der Waals surface area contributed by atoms with E-state index in [2.05, 4.69) is 157 Å². The zero-order valence-electron chi connectivity index (χ0n) is 23.9. The second kappa shape index (κ2) is 9.86. The standard InChI is InChI=1S/C42H27NO/c1-2-10-28(11-3-1)35-14-6-8-16-40(35)43(32-21-25-39-38-15-7-9-17-41(38)44-42(39)27-32)31-20-24-34-30(26-31)19-23-36-33-13-5-4-12-29(33)18-22-37(34)36/h1-27H. The molecular weight excluding hydrogens is 534 g/mol. The summed E-state index contributed by atoms with van der Waals surface area (Å²) in [6, 6.07) is 58.6. The minimum Gasteiger partial charge on any atom is -0.456 e. The molecule has 0 bridgehead atoms. The van der Waals surface area contributed by atoms with Crippen LogP contribution in [0.5, 0.6) is 0 Å². The first-order chi connectivity index (χ1) is 21.8. The van der Waals surface area contributed by atoms with Crippen LogP contribution in [0, 0.1) is 0 Å². The summed E-state index contributed by atoms with van der Waals surface area (Å²) in [6.07, 6.45) is 0. The molecule has 9 rings (SSSR count). The van der Waals surface area contributed by atoms with E-state index in [-0.39, 0.29) is 0 Å². The summed E-state index contributed by atoms with van der Waals surface area (Å²) in [5.41, 5.74) is 7.38. The SMILES string of the molecule is c1ccc(-c2ccccc2N(c2ccc3c(ccc4c5ccccc5ccc34)c2)c2ccc3c(c2)oc2ccccc23)cc1. The summed E-state index contributed by atoms with van der Waals surface area (Å²) in [4.78, 5) is 2.36. The minimum absolute atomic E-state index is 0.879. The second-order valence-electron chi connectivity index (χ2n) is 11.4. The first-order valence-electron chi connectivity index (χ1n) is 15.0. The number of fused-ring (bicyclic) bond motifs is 8. The van der Waals surface area contributed by atoms with Gasteiger partial charge in [-0.05, 0) is 74.3 Å². The fourth-order valence-corrected chi connectivity index (χ4v) is 6.77. The van der Waals surface area contributed by atoms with Crippen molar-refractivity contribution in [2.24, 2.45) is 0 Å². The lowest BCUT2D eigenvalue weighted by Gasteiger charge is -2.28. The lowest BCUT2D eigenvalue weighted by Crippen LogP contribution is -2.11. The molecule has 0 fully saturated rings. The number of para-hydroxylation sites is 2. The number of hydrogen-bond donors (Lipinski definition) is 0. The van der Waals surface area contributed by atoms with E-state index >= 15 is 0 Å². The molecule has 206 valence electrons. The van der Waals surface area contributed by atoms with Crippen LogP contribution < -0.4 is 4.90 Å². The lowest BCUT2D eigenvalue weighted by atomic mass is 9.96. The molecule has 0 aliphatic heterocycles. The van der Waals surface area contributed by atoms with E-state index < -0.39 is 0 Å². The fourth-order valence-electron chi connectivity index (χ4n) is 6.77. The van der Waals surface area contributed by atoms with Gasteiger partial charge in [0.25, 0.3) is 0 Å². The number of anilines is 3. The second-order valence-corrected chi connectivity index (χ2v) is 11.4. The monoisotopic (exact) mass is 561 g/mol. The maximum atomic E-state index is 6.36. The van der Waals surface area contributed by atoms with E-state index in [1.165, 1.54) is 43.4 Å². The number of furan rings is 1. The molecule has 0 aliphatic rings. The predicted molar refractivity (Wildman–Crippen MR) is 186 cm³/mol. The predicted octanol–water partition coefficient (Wildman–Crippen LogP) is 12.2. The van der Waals surface area contributed by atoms with Crippen LogP contribution in [0.3, 0.4) is 0 Å². The van der Waals surface area contributed by atoms with Gasteiger partial charge in [-0.3, -0.25) is 0 Å². The van der Waals surface area contributed by atoms with Gasteiger partial charge in [-0.1, -0.05) is 121 Å². The molecule has 2 nitrogen and oxygen atoms in total. The van der Waals surface area contributed by atoms with Crippen LogP contribution in [-0.2, 0) is 0 Å². The molecule has 0 N–H and O–H groups in total. The van der Waals surface area contributed by atoms with Gasteiger partial charge in [0.05, 0.1) is 5.69 Å². The van der Waals surface area contributed by atoms with Crippen molar-refractivity contribution in [2.75, 3.05) is 4.90 Å². The molecule has 44 heavy (non-hydrogen) atoms. The zero-order chi connectivity index (χ0) is 29.0. The van der Waals surface area contributed by atoms with Crippen LogP contribution >= 0.6 is 0 Å². The third-order valence-electron chi connectivity index (χ3n) is 8.83. The van der Waals surface area contributed by atoms with Gasteiger partial charge < -0.3 is 9.32 Å². The third kappa shape index (κ3) is 3.89. The maximum absolute atomic E-state index is 6.36. The highest BCUT2D eigenvalue weighted by Crippen LogP contribution is 2.44. The van der Waals surface area contributed by atoms with Gasteiger partial charge in [-0.25, -0.2) is 0 Å². The van der Waals surface area contributed by atoms with Crippen LogP contribution in [0.4, 0.5) is 17.1 Å². The summed E-state index contributed by atoms with van der Waals surface area (Å²) in [6.45, 7) is 0. The van der Waals surface area contributed by atoms with Crippen LogP contribution in [0.1, 0.15) is 0 Å². The molecule has 0 unspecified atom stereocenters. The smallest absolute Gasteiger partial charge is 0.137 e. The Bertz CT molecular complexity index is 2510. The molecular formula is C42H27NO. The summed E-state index contributed by atoms with van der Waals surface area (Å²) >= 11 is 0. The van der Waals surface area contributed by atoms with Crippen molar-refractivity contribution in [3.8, 4) is 11.1 Å². The molecule has 0 saturated heterocycles. The first-order valence-corrected chi connectivity index (χ1v) is 15.0. The third-order valence-corrected chi connectivity index (χ3v) is 8.83. The maximum Gasteiger partial charge on any atom is 0.137 e. The highest BCUT2D eigenvalue weighted by Gasteiger charge is 2.19. The van der Waals surface area contributed by atoms with Crippen molar-refractivity contribution < 1.29 is 4.42 Å². The summed E-state index contributed by atoms with van der Waals surface area (Å²) in [5, 5.41) is 9.82. The highest BCUT2D eigenvalue weighted by atomic mass is 16.3.